The fourth-order valence-electron chi connectivity index (χ4n) is 1.70. The highest BCUT2D eigenvalue weighted by molar-refractivity contribution is 5.84. The average molecular weight is 271 g/mol. The quantitative estimate of drug-likeness (QED) is 0.640. The summed E-state index contributed by atoms with van der Waals surface area (Å²) in [5.74, 6) is -0.658. The van der Waals surface area contributed by atoms with Gasteiger partial charge >= 0.3 is 12.1 Å². The number of aromatic amines is 1. The predicted molar refractivity (Wildman–Crippen MR) is 60.9 cm³/mol. The number of H-pyrrole nitrogens is 1. The lowest BCUT2D eigenvalue weighted by molar-refractivity contribution is -0.136. The summed E-state index contributed by atoms with van der Waals surface area (Å²) >= 11 is 0. The van der Waals surface area contributed by atoms with Crippen molar-refractivity contribution in [3.05, 3.63) is 40.2 Å². The van der Waals surface area contributed by atoms with Crippen LogP contribution in [0.1, 0.15) is 12.5 Å². The van der Waals surface area contributed by atoms with Crippen molar-refractivity contribution in [3.63, 3.8) is 0 Å². The first-order valence-electron chi connectivity index (χ1n) is 5.20. The van der Waals surface area contributed by atoms with Crippen molar-refractivity contribution in [1.82, 2.24) is 4.98 Å². The van der Waals surface area contributed by atoms with Gasteiger partial charge in [0.1, 0.15) is 5.75 Å². The fourth-order valence-corrected chi connectivity index (χ4v) is 1.70. The third kappa shape index (κ3) is 2.75. The molecule has 2 rings (SSSR count). The van der Waals surface area contributed by atoms with Gasteiger partial charge in [0.05, 0.1) is 5.56 Å². The zero-order valence-corrected chi connectivity index (χ0v) is 9.67. The van der Waals surface area contributed by atoms with Crippen molar-refractivity contribution in [2.45, 2.75) is 13.1 Å². The van der Waals surface area contributed by atoms with Gasteiger partial charge in [0.2, 0.25) is 5.56 Å². The van der Waals surface area contributed by atoms with Crippen LogP contribution in [0.5, 0.6) is 5.75 Å². The number of hydrogen-bond donors (Lipinski definition) is 1. The Morgan fingerprint density at radius 2 is 1.95 bits per heavy atom. The van der Waals surface area contributed by atoms with Gasteiger partial charge in [-0.25, -0.2) is 0 Å². The first-order chi connectivity index (χ1) is 8.77. The average Bonchev–Trinajstić information content (AvgIpc) is 2.26. The molecule has 4 nitrogen and oxygen atoms in total. The lowest BCUT2D eigenvalue weighted by Crippen LogP contribution is -2.14. The molecule has 0 aliphatic carbocycles. The lowest BCUT2D eigenvalue weighted by Gasteiger charge is -2.10. The van der Waals surface area contributed by atoms with E-state index in [0.717, 1.165) is 13.0 Å². The van der Waals surface area contributed by atoms with Crippen LogP contribution in [0.2, 0.25) is 0 Å². The normalized spacial score (nSPS) is 11.6. The third-order valence-electron chi connectivity index (χ3n) is 2.38. The number of esters is 1. The second-order valence-corrected chi connectivity index (χ2v) is 3.85. The number of aromatic nitrogens is 1. The van der Waals surface area contributed by atoms with E-state index < -0.39 is 23.3 Å². The Morgan fingerprint density at radius 3 is 2.53 bits per heavy atom. The number of alkyl halides is 3. The first-order valence-corrected chi connectivity index (χ1v) is 5.20. The molecule has 0 atom stereocenters. The Hall–Kier alpha value is -2.31. The summed E-state index contributed by atoms with van der Waals surface area (Å²) < 4.78 is 43.2. The molecule has 1 aromatic heterocycles. The summed E-state index contributed by atoms with van der Waals surface area (Å²) in [7, 11) is 0. The SMILES string of the molecule is CC(=O)Oc1ccc2[nH]c(=O)cc(C(F)(F)F)c2c1. The molecule has 0 fully saturated rings. The van der Waals surface area contributed by atoms with E-state index >= 15 is 0 Å². The van der Waals surface area contributed by atoms with Gasteiger partial charge in [0, 0.05) is 23.9 Å². The van der Waals surface area contributed by atoms with E-state index in [1.165, 1.54) is 12.1 Å². The summed E-state index contributed by atoms with van der Waals surface area (Å²) in [6.45, 7) is 1.14. The van der Waals surface area contributed by atoms with E-state index in [-0.39, 0.29) is 16.7 Å². The number of halogens is 3. The molecule has 0 saturated heterocycles. The second-order valence-electron chi connectivity index (χ2n) is 3.85. The Labute approximate surface area is 104 Å². The van der Waals surface area contributed by atoms with E-state index in [9.17, 15) is 22.8 Å². The van der Waals surface area contributed by atoms with Crippen molar-refractivity contribution in [2.75, 3.05) is 0 Å². The molecule has 7 heteroatoms. The lowest BCUT2D eigenvalue weighted by atomic mass is 10.1. The van der Waals surface area contributed by atoms with Crippen LogP contribution in [0, 0.1) is 0 Å². The van der Waals surface area contributed by atoms with Gasteiger partial charge in [-0.05, 0) is 18.2 Å². The van der Waals surface area contributed by atoms with E-state index in [0.29, 0.717) is 6.07 Å². The van der Waals surface area contributed by atoms with Crippen LogP contribution < -0.4 is 10.3 Å². The van der Waals surface area contributed by atoms with Crippen LogP contribution in [0.3, 0.4) is 0 Å². The van der Waals surface area contributed by atoms with Gasteiger partial charge in [0.25, 0.3) is 0 Å². The molecule has 0 spiro atoms. The molecular formula is C12H8F3NO3. The van der Waals surface area contributed by atoms with Crippen LogP contribution in [0.4, 0.5) is 13.2 Å². The highest BCUT2D eigenvalue weighted by Crippen LogP contribution is 2.34. The molecule has 0 aliphatic heterocycles. The molecule has 19 heavy (non-hydrogen) atoms. The summed E-state index contributed by atoms with van der Waals surface area (Å²) in [5, 5.41) is -0.231. The zero-order chi connectivity index (χ0) is 14.2. The maximum Gasteiger partial charge on any atom is 0.417 e. The molecule has 1 N–H and O–H groups in total. The number of benzene rings is 1. The Bertz CT molecular complexity index is 703. The van der Waals surface area contributed by atoms with Gasteiger partial charge in [-0.3, -0.25) is 9.59 Å². The van der Waals surface area contributed by atoms with Crippen LogP contribution in [-0.2, 0) is 11.0 Å². The number of pyridine rings is 1. The molecule has 0 amide bonds. The Morgan fingerprint density at radius 1 is 1.26 bits per heavy atom. The molecule has 1 heterocycles. The minimum atomic E-state index is -4.67. The maximum atomic E-state index is 12.8. The summed E-state index contributed by atoms with van der Waals surface area (Å²) in [4.78, 5) is 24.2. The topological polar surface area (TPSA) is 59.2 Å². The van der Waals surface area contributed by atoms with E-state index in [4.69, 9.17) is 4.74 Å². The van der Waals surface area contributed by atoms with Crippen molar-refractivity contribution >= 4 is 16.9 Å². The summed E-state index contributed by atoms with van der Waals surface area (Å²) in [5.41, 5.74) is -1.89. The van der Waals surface area contributed by atoms with Crippen LogP contribution >= 0.6 is 0 Å². The third-order valence-corrected chi connectivity index (χ3v) is 2.38. The van der Waals surface area contributed by atoms with Gasteiger partial charge in [-0.1, -0.05) is 0 Å². The molecule has 2 aromatic rings. The minimum absolute atomic E-state index is 0.0162. The van der Waals surface area contributed by atoms with Gasteiger partial charge in [-0.15, -0.1) is 0 Å². The van der Waals surface area contributed by atoms with Gasteiger partial charge in [0.15, 0.2) is 0 Å². The Kier molecular flexibility index (Phi) is 3.05. The highest BCUT2D eigenvalue weighted by Gasteiger charge is 2.33. The van der Waals surface area contributed by atoms with Gasteiger partial charge < -0.3 is 9.72 Å². The number of nitrogens with one attached hydrogen (secondary N) is 1. The van der Waals surface area contributed by atoms with Crippen molar-refractivity contribution in [3.8, 4) is 5.75 Å². The van der Waals surface area contributed by atoms with Crippen LogP contribution in [0.25, 0.3) is 10.9 Å². The molecule has 1 aromatic carbocycles. The van der Waals surface area contributed by atoms with Crippen LogP contribution in [0.15, 0.2) is 29.1 Å². The molecule has 0 bridgehead atoms. The fraction of sp³-hybridized carbons (Fsp3) is 0.167. The number of ether oxygens (including phenoxy) is 1. The van der Waals surface area contributed by atoms with E-state index in [1.54, 1.807) is 0 Å². The largest absolute Gasteiger partial charge is 0.427 e. The molecule has 0 saturated carbocycles. The molecule has 0 aliphatic rings. The second kappa shape index (κ2) is 4.42. The molecule has 0 unspecified atom stereocenters. The van der Waals surface area contributed by atoms with Crippen LogP contribution in [-0.4, -0.2) is 11.0 Å². The maximum absolute atomic E-state index is 12.8. The number of carbonyl (C=O) groups excluding carboxylic acids is 1. The molecule has 100 valence electrons. The minimum Gasteiger partial charge on any atom is -0.427 e. The smallest absolute Gasteiger partial charge is 0.417 e. The number of carbonyl (C=O) groups is 1. The summed E-state index contributed by atoms with van der Waals surface area (Å²) in [6, 6.07) is 4.10. The number of hydrogen-bond acceptors (Lipinski definition) is 3. The Balaban J connectivity index is 2.72. The standard InChI is InChI=1S/C12H8F3NO3/c1-6(17)19-7-2-3-10-8(4-7)9(12(13,14)15)5-11(18)16-10/h2-5H,1H3,(H,16,18). The molecular weight excluding hydrogens is 263 g/mol. The monoisotopic (exact) mass is 271 g/mol. The van der Waals surface area contributed by atoms with E-state index in [1.807, 2.05) is 0 Å². The predicted octanol–water partition coefficient (Wildman–Crippen LogP) is 2.47. The van der Waals surface area contributed by atoms with Crippen molar-refractivity contribution < 1.29 is 22.7 Å². The zero-order valence-electron chi connectivity index (χ0n) is 9.67. The highest BCUT2D eigenvalue weighted by atomic mass is 19.4. The summed E-state index contributed by atoms with van der Waals surface area (Å²) in [6.07, 6.45) is -4.67. The molecule has 0 radical (unpaired) electrons. The van der Waals surface area contributed by atoms with Gasteiger partial charge in [-0.2, -0.15) is 13.2 Å². The first kappa shape index (κ1) is 13.1. The van der Waals surface area contributed by atoms with E-state index in [2.05, 4.69) is 4.98 Å². The number of rotatable bonds is 1. The van der Waals surface area contributed by atoms with Crippen molar-refractivity contribution in [1.29, 1.82) is 0 Å². The number of fused-ring (bicyclic) bond motifs is 1. The van der Waals surface area contributed by atoms with Crippen molar-refractivity contribution in [2.24, 2.45) is 0 Å².